The van der Waals surface area contributed by atoms with Crippen molar-refractivity contribution in [1.29, 1.82) is 0 Å². The van der Waals surface area contributed by atoms with E-state index in [1.54, 1.807) is 25.1 Å². The highest BCUT2D eigenvalue weighted by Gasteiger charge is 2.33. The summed E-state index contributed by atoms with van der Waals surface area (Å²) < 4.78 is 13.7. The molecule has 0 aromatic heterocycles. The number of rotatable bonds is 7. The van der Waals surface area contributed by atoms with Gasteiger partial charge >= 0.3 is 11.8 Å². The molecule has 2 aromatic rings. The van der Waals surface area contributed by atoms with Crippen LogP contribution in [0.2, 0.25) is 0 Å². The molecule has 158 valence electrons. The standard InChI is InChI=1S/C23H26FN3O3/c1-16-7-9-18(10-8-16)15-27-12-11-26(22(29)23(27)30)14-17(2)21(28)25-13-19-5-3-4-6-20(19)24/h3-10,17H,11-15H2,1-2H3,(H,25,28)/t17-/m1/s1. The number of hydrogen-bond donors (Lipinski definition) is 1. The van der Waals surface area contributed by atoms with Crippen LogP contribution in [0.25, 0.3) is 0 Å². The molecule has 3 amide bonds. The Morgan fingerprint density at radius 3 is 2.37 bits per heavy atom. The van der Waals surface area contributed by atoms with E-state index in [1.165, 1.54) is 15.9 Å². The van der Waals surface area contributed by atoms with Crippen LogP contribution in [0.15, 0.2) is 48.5 Å². The molecule has 1 atom stereocenters. The Morgan fingerprint density at radius 2 is 1.67 bits per heavy atom. The fourth-order valence-corrected chi connectivity index (χ4v) is 3.37. The largest absolute Gasteiger partial charge is 0.352 e. The van der Waals surface area contributed by atoms with Crippen molar-refractivity contribution in [1.82, 2.24) is 15.1 Å². The lowest BCUT2D eigenvalue weighted by molar-refractivity contribution is -0.157. The summed E-state index contributed by atoms with van der Waals surface area (Å²) in [4.78, 5) is 40.3. The minimum absolute atomic E-state index is 0.0764. The van der Waals surface area contributed by atoms with Crippen molar-refractivity contribution < 1.29 is 18.8 Å². The second kappa shape index (κ2) is 9.52. The van der Waals surface area contributed by atoms with Gasteiger partial charge in [-0.15, -0.1) is 0 Å². The molecule has 1 aliphatic rings. The molecule has 7 heteroatoms. The maximum Gasteiger partial charge on any atom is 0.312 e. The molecule has 1 heterocycles. The predicted octanol–water partition coefficient (Wildman–Crippen LogP) is 2.26. The third kappa shape index (κ3) is 5.23. The highest BCUT2D eigenvalue weighted by atomic mass is 19.1. The molecule has 0 spiro atoms. The van der Waals surface area contributed by atoms with Crippen LogP contribution in [-0.2, 0) is 27.5 Å². The second-order valence-corrected chi connectivity index (χ2v) is 7.67. The Kier molecular flexibility index (Phi) is 6.82. The van der Waals surface area contributed by atoms with Crippen molar-refractivity contribution in [3.63, 3.8) is 0 Å². The third-order valence-electron chi connectivity index (χ3n) is 5.24. The Balaban J connectivity index is 1.51. The minimum atomic E-state index is -0.595. The first kappa shape index (κ1) is 21.5. The van der Waals surface area contributed by atoms with E-state index in [4.69, 9.17) is 0 Å². The van der Waals surface area contributed by atoms with Gasteiger partial charge in [-0.1, -0.05) is 55.0 Å². The van der Waals surface area contributed by atoms with Gasteiger partial charge in [0.15, 0.2) is 0 Å². The molecule has 30 heavy (non-hydrogen) atoms. The Labute approximate surface area is 175 Å². The smallest absolute Gasteiger partial charge is 0.312 e. The number of nitrogens with one attached hydrogen (secondary N) is 1. The molecule has 1 fully saturated rings. The first-order valence-corrected chi connectivity index (χ1v) is 10.00. The summed E-state index contributed by atoms with van der Waals surface area (Å²) in [5.74, 6) is -2.34. The van der Waals surface area contributed by atoms with Gasteiger partial charge < -0.3 is 15.1 Å². The highest BCUT2D eigenvalue weighted by Crippen LogP contribution is 2.13. The summed E-state index contributed by atoms with van der Waals surface area (Å²) in [6.45, 7) is 5.08. The van der Waals surface area contributed by atoms with Gasteiger partial charge in [-0.05, 0) is 18.6 Å². The molecule has 0 radical (unpaired) electrons. The molecule has 1 N–H and O–H groups in total. The fraction of sp³-hybridized carbons (Fsp3) is 0.348. The van der Waals surface area contributed by atoms with Gasteiger partial charge in [0.2, 0.25) is 5.91 Å². The summed E-state index contributed by atoms with van der Waals surface area (Å²) >= 11 is 0. The Morgan fingerprint density at radius 1 is 1.03 bits per heavy atom. The summed E-state index contributed by atoms with van der Waals surface area (Å²) in [7, 11) is 0. The highest BCUT2D eigenvalue weighted by molar-refractivity contribution is 6.35. The van der Waals surface area contributed by atoms with Gasteiger partial charge in [-0.25, -0.2) is 4.39 Å². The number of aryl methyl sites for hydroxylation is 1. The maximum atomic E-state index is 13.7. The van der Waals surface area contributed by atoms with Crippen molar-refractivity contribution in [2.75, 3.05) is 19.6 Å². The maximum absolute atomic E-state index is 13.7. The lowest BCUT2D eigenvalue weighted by Crippen LogP contribution is -2.55. The van der Waals surface area contributed by atoms with Crippen LogP contribution in [0.1, 0.15) is 23.6 Å². The number of amides is 3. The van der Waals surface area contributed by atoms with E-state index in [-0.39, 0.29) is 24.8 Å². The molecule has 0 unspecified atom stereocenters. The Bertz CT molecular complexity index is 930. The molecule has 1 aliphatic heterocycles. The number of benzene rings is 2. The predicted molar refractivity (Wildman–Crippen MR) is 111 cm³/mol. The summed E-state index contributed by atoms with van der Waals surface area (Å²) in [6, 6.07) is 14.1. The van der Waals surface area contributed by atoms with Crippen LogP contribution < -0.4 is 5.32 Å². The first-order chi connectivity index (χ1) is 14.3. The van der Waals surface area contributed by atoms with Crippen LogP contribution in [0.4, 0.5) is 4.39 Å². The van der Waals surface area contributed by atoms with E-state index >= 15 is 0 Å². The summed E-state index contributed by atoms with van der Waals surface area (Å²) in [6.07, 6.45) is 0. The number of carbonyl (C=O) groups excluding carboxylic acids is 3. The van der Waals surface area contributed by atoms with Crippen molar-refractivity contribution >= 4 is 17.7 Å². The number of carbonyl (C=O) groups is 3. The van der Waals surface area contributed by atoms with Crippen molar-refractivity contribution in [3.05, 3.63) is 71.0 Å². The third-order valence-corrected chi connectivity index (χ3v) is 5.24. The topological polar surface area (TPSA) is 69.7 Å². The van der Waals surface area contributed by atoms with Crippen molar-refractivity contribution in [2.45, 2.75) is 26.9 Å². The quantitative estimate of drug-likeness (QED) is 0.711. The second-order valence-electron chi connectivity index (χ2n) is 7.67. The fourth-order valence-electron chi connectivity index (χ4n) is 3.37. The average molecular weight is 411 g/mol. The van der Waals surface area contributed by atoms with E-state index < -0.39 is 17.7 Å². The van der Waals surface area contributed by atoms with Crippen LogP contribution in [-0.4, -0.2) is 47.2 Å². The monoisotopic (exact) mass is 411 g/mol. The average Bonchev–Trinajstić information content (AvgIpc) is 2.74. The van der Waals surface area contributed by atoms with E-state index in [0.717, 1.165) is 11.1 Å². The zero-order valence-corrected chi connectivity index (χ0v) is 17.2. The van der Waals surface area contributed by atoms with E-state index in [0.29, 0.717) is 25.2 Å². The molecular weight excluding hydrogens is 385 g/mol. The zero-order valence-electron chi connectivity index (χ0n) is 17.2. The zero-order chi connectivity index (χ0) is 21.7. The van der Waals surface area contributed by atoms with E-state index in [2.05, 4.69) is 5.32 Å². The normalized spacial score (nSPS) is 15.3. The molecule has 3 rings (SSSR count). The first-order valence-electron chi connectivity index (χ1n) is 10.00. The van der Waals surface area contributed by atoms with Gasteiger partial charge in [0.25, 0.3) is 0 Å². The van der Waals surface area contributed by atoms with E-state index in [1.807, 2.05) is 31.2 Å². The molecule has 0 bridgehead atoms. The number of halogens is 1. The molecule has 1 saturated heterocycles. The number of piperazine rings is 1. The molecular formula is C23H26FN3O3. The molecule has 2 aromatic carbocycles. The lowest BCUT2D eigenvalue weighted by Gasteiger charge is -2.34. The Hall–Kier alpha value is -3.22. The molecule has 6 nitrogen and oxygen atoms in total. The van der Waals surface area contributed by atoms with E-state index in [9.17, 15) is 18.8 Å². The van der Waals surface area contributed by atoms with Crippen molar-refractivity contribution in [3.8, 4) is 0 Å². The van der Waals surface area contributed by atoms with Crippen LogP contribution in [0, 0.1) is 18.7 Å². The lowest BCUT2D eigenvalue weighted by atomic mass is 10.1. The van der Waals surface area contributed by atoms with Crippen LogP contribution in [0.3, 0.4) is 0 Å². The van der Waals surface area contributed by atoms with Gasteiger partial charge in [-0.2, -0.15) is 0 Å². The molecule has 0 saturated carbocycles. The van der Waals surface area contributed by atoms with Crippen LogP contribution in [0.5, 0.6) is 0 Å². The number of hydrogen-bond acceptors (Lipinski definition) is 3. The van der Waals surface area contributed by atoms with Gasteiger partial charge in [0.05, 0.1) is 5.92 Å². The summed E-state index contributed by atoms with van der Waals surface area (Å²) in [5, 5.41) is 2.69. The summed E-state index contributed by atoms with van der Waals surface area (Å²) in [5.41, 5.74) is 2.50. The van der Waals surface area contributed by atoms with Crippen LogP contribution >= 0.6 is 0 Å². The molecule has 0 aliphatic carbocycles. The van der Waals surface area contributed by atoms with Crippen molar-refractivity contribution in [2.24, 2.45) is 5.92 Å². The van der Waals surface area contributed by atoms with Gasteiger partial charge in [0.1, 0.15) is 5.82 Å². The minimum Gasteiger partial charge on any atom is -0.352 e. The number of nitrogens with zero attached hydrogens (tertiary/aromatic N) is 2. The SMILES string of the molecule is Cc1ccc(CN2CCN(C[C@@H](C)C(=O)NCc3ccccc3F)C(=O)C2=O)cc1. The van der Waals surface area contributed by atoms with Gasteiger partial charge in [0, 0.05) is 38.3 Å². The van der Waals surface area contributed by atoms with Gasteiger partial charge in [-0.3, -0.25) is 14.4 Å².